The Hall–Kier alpha value is -1.13. The van der Waals surface area contributed by atoms with Crippen LogP contribution in [0.15, 0.2) is 18.2 Å². The summed E-state index contributed by atoms with van der Waals surface area (Å²) >= 11 is 5.81. The first-order chi connectivity index (χ1) is 8.11. The zero-order valence-corrected chi connectivity index (χ0v) is 10.0. The maximum atomic E-state index is 12.8. The summed E-state index contributed by atoms with van der Waals surface area (Å²) in [7, 11) is 0. The van der Waals surface area contributed by atoms with Crippen molar-refractivity contribution in [2.45, 2.75) is 18.9 Å². The predicted molar refractivity (Wildman–Crippen MR) is 64.4 cm³/mol. The molecule has 0 aromatic heterocycles. The summed E-state index contributed by atoms with van der Waals surface area (Å²) in [6.07, 6.45) is 2.19. The van der Waals surface area contributed by atoms with Gasteiger partial charge >= 0.3 is 0 Å². The van der Waals surface area contributed by atoms with Crippen LogP contribution in [0.25, 0.3) is 0 Å². The fourth-order valence-electron chi connectivity index (χ4n) is 1.79. The van der Waals surface area contributed by atoms with Crippen LogP contribution in [0.3, 0.4) is 0 Å². The first-order valence-electron chi connectivity index (χ1n) is 5.58. The van der Waals surface area contributed by atoms with E-state index in [4.69, 9.17) is 17.3 Å². The monoisotopic (exact) mass is 256 g/mol. The van der Waals surface area contributed by atoms with E-state index >= 15 is 0 Å². The molecule has 3 nitrogen and oxygen atoms in total. The maximum absolute atomic E-state index is 12.8. The SMILES string of the molecule is NCC(NC(=O)c1ccc(F)cc1Cl)C1CC1. The van der Waals surface area contributed by atoms with Crippen LogP contribution in [0.5, 0.6) is 0 Å². The Labute approximate surface area is 104 Å². The minimum Gasteiger partial charge on any atom is -0.348 e. The van der Waals surface area contributed by atoms with E-state index in [0.717, 1.165) is 18.9 Å². The summed E-state index contributed by atoms with van der Waals surface area (Å²) in [6, 6.07) is 3.72. The second kappa shape index (κ2) is 5.02. The smallest absolute Gasteiger partial charge is 0.253 e. The van der Waals surface area contributed by atoms with Crippen LogP contribution in [0.2, 0.25) is 5.02 Å². The number of halogens is 2. The van der Waals surface area contributed by atoms with E-state index in [2.05, 4.69) is 5.32 Å². The second-order valence-corrected chi connectivity index (χ2v) is 4.68. The summed E-state index contributed by atoms with van der Waals surface area (Å²) in [5, 5.41) is 2.95. The quantitative estimate of drug-likeness (QED) is 0.865. The van der Waals surface area contributed by atoms with Crippen molar-refractivity contribution in [3.8, 4) is 0 Å². The van der Waals surface area contributed by atoms with Gasteiger partial charge in [0.15, 0.2) is 0 Å². The van der Waals surface area contributed by atoms with Crippen molar-refractivity contribution in [3.05, 3.63) is 34.6 Å². The minimum absolute atomic E-state index is 0.0105. The molecule has 1 fully saturated rings. The Morgan fingerprint density at radius 3 is 2.82 bits per heavy atom. The van der Waals surface area contributed by atoms with Gasteiger partial charge in [-0.2, -0.15) is 0 Å². The van der Waals surface area contributed by atoms with Gasteiger partial charge < -0.3 is 11.1 Å². The largest absolute Gasteiger partial charge is 0.348 e. The number of rotatable bonds is 4. The normalized spacial score (nSPS) is 16.6. The van der Waals surface area contributed by atoms with Crippen LogP contribution in [-0.4, -0.2) is 18.5 Å². The van der Waals surface area contributed by atoms with E-state index in [-0.39, 0.29) is 22.5 Å². The van der Waals surface area contributed by atoms with Gasteiger partial charge in [0.1, 0.15) is 5.82 Å². The van der Waals surface area contributed by atoms with E-state index in [0.29, 0.717) is 12.5 Å². The lowest BCUT2D eigenvalue weighted by Crippen LogP contribution is -2.41. The van der Waals surface area contributed by atoms with E-state index in [1.165, 1.54) is 12.1 Å². The topological polar surface area (TPSA) is 55.1 Å². The molecule has 3 N–H and O–H groups in total. The van der Waals surface area contributed by atoms with Crippen LogP contribution in [-0.2, 0) is 0 Å². The van der Waals surface area contributed by atoms with Crippen molar-refractivity contribution >= 4 is 17.5 Å². The number of carbonyl (C=O) groups excluding carboxylic acids is 1. The second-order valence-electron chi connectivity index (χ2n) is 4.28. The zero-order valence-electron chi connectivity index (χ0n) is 9.25. The lowest BCUT2D eigenvalue weighted by molar-refractivity contribution is 0.0933. The number of benzene rings is 1. The molecule has 1 amide bonds. The molecular formula is C12H14ClFN2O. The minimum atomic E-state index is -0.455. The van der Waals surface area contributed by atoms with E-state index in [1.54, 1.807) is 0 Å². The molecule has 0 spiro atoms. The summed E-state index contributed by atoms with van der Waals surface area (Å²) in [6.45, 7) is 0.412. The van der Waals surface area contributed by atoms with Crippen molar-refractivity contribution < 1.29 is 9.18 Å². The summed E-state index contributed by atoms with van der Waals surface area (Å²) in [4.78, 5) is 11.9. The van der Waals surface area contributed by atoms with Gasteiger partial charge in [-0.3, -0.25) is 4.79 Å². The third-order valence-electron chi connectivity index (χ3n) is 2.94. The number of nitrogens with one attached hydrogen (secondary N) is 1. The van der Waals surface area contributed by atoms with Crippen LogP contribution in [0.4, 0.5) is 4.39 Å². The molecule has 1 unspecified atom stereocenters. The highest BCUT2D eigenvalue weighted by Crippen LogP contribution is 2.32. The Morgan fingerprint density at radius 1 is 1.59 bits per heavy atom. The Balaban J connectivity index is 2.08. The Kier molecular flexibility index (Phi) is 3.64. The fraction of sp³-hybridized carbons (Fsp3) is 0.417. The molecule has 1 saturated carbocycles. The average Bonchev–Trinajstić information content (AvgIpc) is 3.09. The maximum Gasteiger partial charge on any atom is 0.253 e. The van der Waals surface area contributed by atoms with E-state index in [1.807, 2.05) is 0 Å². The lowest BCUT2D eigenvalue weighted by atomic mass is 10.1. The molecule has 1 aromatic carbocycles. The number of hydrogen-bond acceptors (Lipinski definition) is 2. The zero-order chi connectivity index (χ0) is 12.4. The summed E-state index contributed by atoms with van der Waals surface area (Å²) in [5.74, 6) is -0.273. The predicted octanol–water partition coefficient (Wildman–Crippen LogP) is 1.95. The van der Waals surface area contributed by atoms with Crippen molar-refractivity contribution in [2.24, 2.45) is 11.7 Å². The van der Waals surface area contributed by atoms with E-state index < -0.39 is 5.82 Å². The fourth-order valence-corrected chi connectivity index (χ4v) is 2.04. The standard InChI is InChI=1S/C12H14ClFN2O/c13-10-5-8(14)3-4-9(10)12(17)16-11(6-15)7-1-2-7/h3-5,7,11H,1-2,6,15H2,(H,16,17). The molecule has 2 rings (SSSR count). The Morgan fingerprint density at radius 2 is 2.29 bits per heavy atom. The van der Waals surface area contributed by atoms with Gasteiger partial charge in [-0.25, -0.2) is 4.39 Å². The van der Waals surface area contributed by atoms with Gasteiger partial charge in [0.25, 0.3) is 5.91 Å². The van der Waals surface area contributed by atoms with Crippen LogP contribution >= 0.6 is 11.6 Å². The summed E-state index contributed by atoms with van der Waals surface area (Å²) < 4.78 is 12.8. The van der Waals surface area contributed by atoms with Crippen LogP contribution < -0.4 is 11.1 Å². The van der Waals surface area contributed by atoms with Crippen LogP contribution in [0.1, 0.15) is 23.2 Å². The third kappa shape index (κ3) is 2.96. The molecule has 5 heteroatoms. The summed E-state index contributed by atoms with van der Waals surface area (Å²) in [5.41, 5.74) is 5.88. The molecule has 1 aliphatic rings. The average molecular weight is 257 g/mol. The highest BCUT2D eigenvalue weighted by Gasteiger charge is 2.31. The molecule has 17 heavy (non-hydrogen) atoms. The molecule has 92 valence electrons. The highest BCUT2D eigenvalue weighted by atomic mass is 35.5. The third-order valence-corrected chi connectivity index (χ3v) is 3.25. The first kappa shape index (κ1) is 12.3. The van der Waals surface area contributed by atoms with Gasteiger partial charge in [0.05, 0.1) is 10.6 Å². The number of carbonyl (C=O) groups is 1. The van der Waals surface area contributed by atoms with Gasteiger partial charge in [0.2, 0.25) is 0 Å². The first-order valence-corrected chi connectivity index (χ1v) is 5.95. The molecule has 0 bridgehead atoms. The number of hydrogen-bond donors (Lipinski definition) is 2. The molecule has 0 saturated heterocycles. The molecular weight excluding hydrogens is 243 g/mol. The van der Waals surface area contributed by atoms with Crippen molar-refractivity contribution in [1.82, 2.24) is 5.32 Å². The van der Waals surface area contributed by atoms with Gasteiger partial charge in [0, 0.05) is 12.6 Å². The van der Waals surface area contributed by atoms with Crippen molar-refractivity contribution in [3.63, 3.8) is 0 Å². The molecule has 1 aromatic rings. The van der Waals surface area contributed by atoms with E-state index in [9.17, 15) is 9.18 Å². The number of nitrogens with two attached hydrogens (primary N) is 1. The Bertz CT molecular complexity index is 435. The highest BCUT2D eigenvalue weighted by molar-refractivity contribution is 6.33. The van der Waals surface area contributed by atoms with Gasteiger partial charge in [-0.1, -0.05) is 11.6 Å². The number of amides is 1. The van der Waals surface area contributed by atoms with Gasteiger partial charge in [-0.05, 0) is 37.0 Å². The van der Waals surface area contributed by atoms with Crippen molar-refractivity contribution in [2.75, 3.05) is 6.54 Å². The lowest BCUT2D eigenvalue weighted by Gasteiger charge is -2.16. The van der Waals surface area contributed by atoms with Crippen molar-refractivity contribution in [1.29, 1.82) is 0 Å². The van der Waals surface area contributed by atoms with Crippen LogP contribution in [0, 0.1) is 11.7 Å². The molecule has 1 aliphatic carbocycles. The molecule has 1 atom stereocenters. The molecule has 0 heterocycles. The van der Waals surface area contributed by atoms with Gasteiger partial charge in [-0.15, -0.1) is 0 Å². The molecule has 0 aliphatic heterocycles. The molecule has 0 radical (unpaired) electrons.